The zero-order valence-corrected chi connectivity index (χ0v) is 10.6. The number of aromatic nitrogens is 2. The van der Waals surface area contributed by atoms with E-state index in [4.69, 9.17) is 5.73 Å². The monoisotopic (exact) mass is 305 g/mol. The highest BCUT2D eigenvalue weighted by atomic mass is 79.9. The number of nitrogen functional groups attached to an aromatic ring is 1. The van der Waals surface area contributed by atoms with Crippen LogP contribution in [0, 0.1) is 0 Å². The van der Waals surface area contributed by atoms with Crippen LogP contribution < -0.4 is 5.73 Å². The number of ether oxygens (including phenoxy) is 1. The van der Waals surface area contributed by atoms with Gasteiger partial charge in [-0.1, -0.05) is 15.9 Å². The Bertz CT molecular complexity index is 415. The number of carbonyl (C=O) groups is 1. The summed E-state index contributed by atoms with van der Waals surface area (Å²) in [5.41, 5.74) is 5.31. The molecule has 0 aliphatic rings. The van der Waals surface area contributed by atoms with Crippen molar-refractivity contribution in [1.29, 1.82) is 0 Å². The molecule has 0 bridgehead atoms. The van der Waals surface area contributed by atoms with Crippen molar-refractivity contribution in [2.75, 3.05) is 18.2 Å². The zero-order valence-electron chi connectivity index (χ0n) is 9.00. The average molecular weight is 306 g/mol. The number of halogens is 1. The van der Waals surface area contributed by atoms with E-state index in [1.54, 1.807) is 0 Å². The lowest BCUT2D eigenvalue weighted by Crippen LogP contribution is -2.22. The summed E-state index contributed by atoms with van der Waals surface area (Å²) in [5, 5.41) is 19.3. The maximum Gasteiger partial charge on any atom is 0.360 e. The van der Waals surface area contributed by atoms with Crippen molar-refractivity contribution in [3.05, 3.63) is 17.6 Å². The van der Waals surface area contributed by atoms with Crippen LogP contribution in [0.5, 0.6) is 0 Å². The summed E-state index contributed by atoms with van der Waals surface area (Å²) in [7, 11) is 1.18. The Morgan fingerprint density at radius 3 is 2.82 bits per heavy atom. The Labute approximate surface area is 106 Å². The largest absolute Gasteiger partial charge is 0.464 e. The molecule has 4 N–H and O–H groups in total. The first-order valence-corrected chi connectivity index (χ1v) is 5.76. The minimum Gasteiger partial charge on any atom is -0.464 e. The van der Waals surface area contributed by atoms with Crippen molar-refractivity contribution in [1.82, 2.24) is 9.97 Å². The summed E-state index contributed by atoms with van der Waals surface area (Å²) in [5.74, 6) is -0.849. The molecule has 94 valence electrons. The van der Waals surface area contributed by atoms with Crippen LogP contribution in [0.2, 0.25) is 0 Å². The van der Waals surface area contributed by atoms with Gasteiger partial charge in [-0.25, -0.2) is 14.8 Å². The molecule has 0 aromatic carbocycles. The molecule has 17 heavy (non-hydrogen) atoms. The van der Waals surface area contributed by atoms with E-state index in [0.717, 1.165) is 0 Å². The lowest BCUT2D eigenvalue weighted by molar-refractivity contribution is 0.0308. The van der Waals surface area contributed by atoms with Crippen LogP contribution in [0.1, 0.15) is 22.3 Å². The first kappa shape index (κ1) is 13.8. The number of esters is 1. The van der Waals surface area contributed by atoms with E-state index in [2.05, 4.69) is 30.6 Å². The highest BCUT2D eigenvalue weighted by molar-refractivity contribution is 9.09. The summed E-state index contributed by atoms with van der Waals surface area (Å²) in [6.07, 6.45) is -1.12. The molecule has 0 aliphatic heterocycles. The minimum atomic E-state index is -1.26. The standard InChI is InChI=1S/C9H12BrN3O4/c1-17-9(16)6-8(11)12-3-4(13-6)7(15)5(14)2-10/h3,5,7,14-15H,2H2,1H3,(H2,11,12). The van der Waals surface area contributed by atoms with Crippen LogP contribution in [0.25, 0.3) is 0 Å². The molecule has 0 saturated heterocycles. The number of rotatable bonds is 4. The van der Waals surface area contributed by atoms with Gasteiger partial charge in [0, 0.05) is 5.33 Å². The van der Waals surface area contributed by atoms with E-state index in [0.29, 0.717) is 0 Å². The maximum atomic E-state index is 11.3. The normalized spacial score (nSPS) is 14.1. The summed E-state index contributed by atoms with van der Waals surface area (Å²) in [6.45, 7) is 0. The Morgan fingerprint density at radius 1 is 1.65 bits per heavy atom. The van der Waals surface area contributed by atoms with Crippen molar-refractivity contribution in [3.8, 4) is 0 Å². The quantitative estimate of drug-likeness (QED) is 0.513. The van der Waals surface area contributed by atoms with E-state index in [9.17, 15) is 15.0 Å². The molecule has 0 aliphatic carbocycles. The van der Waals surface area contributed by atoms with Gasteiger partial charge in [0.25, 0.3) is 0 Å². The summed E-state index contributed by atoms with van der Waals surface area (Å²) >= 11 is 3.01. The van der Waals surface area contributed by atoms with E-state index < -0.39 is 18.2 Å². The van der Waals surface area contributed by atoms with Crippen LogP contribution in [-0.4, -0.2) is 44.7 Å². The van der Waals surface area contributed by atoms with Gasteiger partial charge in [0.15, 0.2) is 11.5 Å². The summed E-state index contributed by atoms with van der Waals surface area (Å²) in [4.78, 5) is 18.8. The number of hydrogen-bond acceptors (Lipinski definition) is 7. The third-order valence-electron chi connectivity index (χ3n) is 2.02. The Kier molecular flexibility index (Phi) is 4.79. The molecule has 1 aromatic rings. The van der Waals surface area contributed by atoms with Crippen LogP contribution in [0.3, 0.4) is 0 Å². The fraction of sp³-hybridized carbons (Fsp3) is 0.444. The number of methoxy groups -OCH3 is 1. The number of nitrogens with two attached hydrogens (primary N) is 1. The molecule has 8 heteroatoms. The van der Waals surface area contributed by atoms with E-state index >= 15 is 0 Å². The van der Waals surface area contributed by atoms with Gasteiger partial charge in [0.05, 0.1) is 25.1 Å². The maximum absolute atomic E-state index is 11.3. The zero-order chi connectivity index (χ0) is 13.0. The number of aliphatic hydroxyl groups is 2. The van der Waals surface area contributed by atoms with Crippen LogP contribution in [0.4, 0.5) is 5.82 Å². The molecule has 1 aromatic heterocycles. The van der Waals surface area contributed by atoms with Crippen LogP contribution in [0.15, 0.2) is 6.20 Å². The number of aliphatic hydroxyl groups excluding tert-OH is 2. The predicted molar refractivity (Wildman–Crippen MR) is 62.5 cm³/mol. The first-order chi connectivity index (χ1) is 8.01. The summed E-state index contributed by atoms with van der Waals surface area (Å²) < 4.78 is 4.46. The second-order valence-corrected chi connectivity index (χ2v) is 3.83. The number of nitrogens with zero attached hydrogens (tertiary/aromatic N) is 2. The Morgan fingerprint density at radius 2 is 2.29 bits per heavy atom. The second-order valence-electron chi connectivity index (χ2n) is 3.19. The van der Waals surface area contributed by atoms with Crippen molar-refractivity contribution in [2.45, 2.75) is 12.2 Å². The second kappa shape index (κ2) is 5.89. The van der Waals surface area contributed by atoms with Gasteiger partial charge in [0.1, 0.15) is 6.10 Å². The van der Waals surface area contributed by atoms with Gasteiger partial charge >= 0.3 is 5.97 Å². The predicted octanol–water partition coefficient (Wildman–Crippen LogP) is -0.365. The van der Waals surface area contributed by atoms with Gasteiger partial charge in [0.2, 0.25) is 0 Å². The van der Waals surface area contributed by atoms with E-state index in [1.807, 2.05) is 0 Å². The molecule has 1 rings (SSSR count). The SMILES string of the molecule is COC(=O)c1nc(C(O)C(O)CBr)cnc1N. The molecule has 1 heterocycles. The highest BCUT2D eigenvalue weighted by Gasteiger charge is 2.22. The highest BCUT2D eigenvalue weighted by Crippen LogP contribution is 2.18. The van der Waals surface area contributed by atoms with Crippen molar-refractivity contribution >= 4 is 27.7 Å². The topological polar surface area (TPSA) is 119 Å². The fourth-order valence-corrected chi connectivity index (χ4v) is 1.44. The summed E-state index contributed by atoms with van der Waals surface area (Å²) in [6, 6.07) is 0. The van der Waals surface area contributed by atoms with Gasteiger partial charge in [-0.3, -0.25) is 0 Å². The van der Waals surface area contributed by atoms with E-state index in [1.165, 1.54) is 13.3 Å². The third-order valence-corrected chi connectivity index (χ3v) is 2.69. The number of hydrogen-bond donors (Lipinski definition) is 3. The molecule has 0 spiro atoms. The average Bonchev–Trinajstić information content (AvgIpc) is 2.36. The minimum absolute atomic E-state index is 0.0477. The number of alkyl halides is 1. The molecule has 0 fully saturated rings. The van der Waals surface area contributed by atoms with Crippen molar-refractivity contribution < 1.29 is 19.7 Å². The number of carbonyl (C=O) groups excluding carboxylic acids is 1. The lowest BCUT2D eigenvalue weighted by atomic mass is 10.1. The van der Waals surface area contributed by atoms with Gasteiger partial charge in [-0.15, -0.1) is 0 Å². The Balaban J connectivity index is 3.08. The molecule has 0 amide bonds. The smallest absolute Gasteiger partial charge is 0.360 e. The van der Waals surface area contributed by atoms with Gasteiger partial charge in [-0.2, -0.15) is 0 Å². The van der Waals surface area contributed by atoms with Gasteiger partial charge in [-0.05, 0) is 0 Å². The van der Waals surface area contributed by atoms with Gasteiger partial charge < -0.3 is 20.7 Å². The van der Waals surface area contributed by atoms with Crippen molar-refractivity contribution in [2.24, 2.45) is 0 Å². The molecule has 2 atom stereocenters. The molecule has 0 radical (unpaired) electrons. The fourth-order valence-electron chi connectivity index (χ4n) is 1.08. The Hall–Kier alpha value is -1.25. The lowest BCUT2D eigenvalue weighted by Gasteiger charge is -2.15. The van der Waals surface area contributed by atoms with Crippen LogP contribution in [-0.2, 0) is 4.74 Å². The van der Waals surface area contributed by atoms with Crippen molar-refractivity contribution in [3.63, 3.8) is 0 Å². The number of anilines is 1. The molecular formula is C9H12BrN3O4. The molecule has 2 unspecified atom stereocenters. The molecule has 0 saturated carbocycles. The molecular weight excluding hydrogens is 294 g/mol. The molecule has 7 nitrogen and oxygen atoms in total. The first-order valence-electron chi connectivity index (χ1n) is 4.64. The third kappa shape index (κ3) is 3.11. The van der Waals surface area contributed by atoms with E-state index in [-0.39, 0.29) is 22.5 Å². The van der Waals surface area contributed by atoms with Crippen LogP contribution >= 0.6 is 15.9 Å².